The lowest BCUT2D eigenvalue weighted by atomic mass is 10.2. The summed E-state index contributed by atoms with van der Waals surface area (Å²) in [5.74, 6) is -1.11. The molecule has 0 fully saturated rings. The van der Waals surface area contributed by atoms with Crippen LogP contribution in [0.25, 0.3) is 0 Å². The van der Waals surface area contributed by atoms with Crippen molar-refractivity contribution in [1.29, 1.82) is 0 Å². The molecule has 0 bridgehead atoms. The van der Waals surface area contributed by atoms with E-state index < -0.39 is 5.97 Å². The highest BCUT2D eigenvalue weighted by Gasteiger charge is 2.17. The summed E-state index contributed by atoms with van der Waals surface area (Å²) in [6.07, 6.45) is 0. The van der Waals surface area contributed by atoms with Gasteiger partial charge in [-0.2, -0.15) is 0 Å². The van der Waals surface area contributed by atoms with E-state index in [1.54, 1.807) is 0 Å². The molecule has 0 radical (unpaired) electrons. The Labute approximate surface area is 131 Å². The summed E-state index contributed by atoms with van der Waals surface area (Å²) < 4.78 is -0.0297. The standard InChI is InChI=1S/C13H15Cl2NO3S/c1-13(2,3)20-6-10(17)16-11-8(14)4-7(12(18)19)5-9(11)15/h4-5H,6H2,1-3H3,(H,16,17)(H,18,19). The summed E-state index contributed by atoms with van der Waals surface area (Å²) >= 11 is 13.4. The molecular weight excluding hydrogens is 321 g/mol. The number of hydrogen-bond donors (Lipinski definition) is 2. The topological polar surface area (TPSA) is 66.4 Å². The van der Waals surface area contributed by atoms with Crippen LogP contribution in [0, 0.1) is 0 Å². The molecule has 0 aliphatic heterocycles. The average Bonchev–Trinajstić information content (AvgIpc) is 2.30. The zero-order valence-electron chi connectivity index (χ0n) is 11.3. The fourth-order valence-electron chi connectivity index (χ4n) is 1.27. The molecule has 0 saturated carbocycles. The molecule has 7 heteroatoms. The number of aromatic carboxylic acids is 1. The average molecular weight is 336 g/mol. The van der Waals surface area contributed by atoms with E-state index in [0.717, 1.165) is 0 Å². The van der Waals surface area contributed by atoms with Gasteiger partial charge in [-0.05, 0) is 12.1 Å². The molecule has 0 heterocycles. The van der Waals surface area contributed by atoms with Gasteiger partial charge in [-0.1, -0.05) is 44.0 Å². The zero-order valence-corrected chi connectivity index (χ0v) is 13.6. The molecule has 110 valence electrons. The van der Waals surface area contributed by atoms with Crippen molar-refractivity contribution in [3.63, 3.8) is 0 Å². The van der Waals surface area contributed by atoms with Crippen LogP contribution in [-0.2, 0) is 4.79 Å². The van der Waals surface area contributed by atoms with Crippen LogP contribution in [0.4, 0.5) is 5.69 Å². The summed E-state index contributed by atoms with van der Waals surface area (Å²) in [6.45, 7) is 6.02. The van der Waals surface area contributed by atoms with E-state index in [0.29, 0.717) is 0 Å². The van der Waals surface area contributed by atoms with Gasteiger partial charge in [0, 0.05) is 4.75 Å². The fourth-order valence-corrected chi connectivity index (χ4v) is 2.49. The van der Waals surface area contributed by atoms with E-state index in [4.69, 9.17) is 28.3 Å². The molecule has 0 atom stereocenters. The lowest BCUT2D eigenvalue weighted by Gasteiger charge is -2.17. The largest absolute Gasteiger partial charge is 0.478 e. The Morgan fingerprint density at radius 1 is 1.25 bits per heavy atom. The molecular formula is C13H15Cl2NO3S. The van der Waals surface area contributed by atoms with Crippen molar-refractivity contribution < 1.29 is 14.7 Å². The number of carbonyl (C=O) groups excluding carboxylic acids is 1. The van der Waals surface area contributed by atoms with Crippen molar-refractivity contribution in [3.05, 3.63) is 27.7 Å². The highest BCUT2D eigenvalue weighted by atomic mass is 35.5. The van der Waals surface area contributed by atoms with Gasteiger partial charge in [0.25, 0.3) is 0 Å². The molecule has 0 aliphatic carbocycles. The molecule has 4 nitrogen and oxygen atoms in total. The number of halogens is 2. The Morgan fingerprint density at radius 2 is 1.75 bits per heavy atom. The lowest BCUT2D eigenvalue weighted by Crippen LogP contribution is -2.19. The Hall–Kier alpha value is -0.910. The third kappa shape index (κ3) is 5.23. The molecule has 2 N–H and O–H groups in total. The van der Waals surface area contributed by atoms with Crippen LogP contribution in [0.15, 0.2) is 12.1 Å². The normalized spacial score (nSPS) is 11.2. The smallest absolute Gasteiger partial charge is 0.335 e. The number of carboxylic acid groups (broad SMARTS) is 1. The first-order valence-corrected chi connectivity index (χ1v) is 7.50. The quantitative estimate of drug-likeness (QED) is 0.866. The molecule has 1 rings (SSSR count). The van der Waals surface area contributed by atoms with Gasteiger partial charge in [0.2, 0.25) is 5.91 Å². The van der Waals surface area contributed by atoms with Crippen molar-refractivity contribution in [2.24, 2.45) is 0 Å². The minimum absolute atomic E-state index is 0.0259. The number of rotatable bonds is 4. The Bertz CT molecular complexity index is 518. The zero-order chi connectivity index (χ0) is 15.5. The summed E-state index contributed by atoms with van der Waals surface area (Å²) in [4.78, 5) is 22.7. The van der Waals surface area contributed by atoms with Crippen molar-refractivity contribution >= 4 is 52.5 Å². The van der Waals surface area contributed by atoms with E-state index >= 15 is 0 Å². The number of benzene rings is 1. The molecule has 1 aromatic carbocycles. The van der Waals surface area contributed by atoms with Gasteiger partial charge in [-0.15, -0.1) is 11.8 Å². The van der Waals surface area contributed by atoms with Crippen LogP contribution in [-0.4, -0.2) is 27.5 Å². The van der Waals surface area contributed by atoms with E-state index in [1.807, 2.05) is 20.8 Å². The Morgan fingerprint density at radius 3 is 2.15 bits per heavy atom. The summed E-state index contributed by atoms with van der Waals surface area (Å²) in [6, 6.07) is 2.50. The van der Waals surface area contributed by atoms with Gasteiger partial charge in [0.15, 0.2) is 0 Å². The maximum absolute atomic E-state index is 11.8. The highest BCUT2D eigenvalue weighted by molar-refractivity contribution is 8.01. The van der Waals surface area contributed by atoms with E-state index in [9.17, 15) is 9.59 Å². The Kier molecular flexibility index (Phi) is 5.74. The van der Waals surface area contributed by atoms with Gasteiger partial charge in [-0.25, -0.2) is 4.79 Å². The highest BCUT2D eigenvalue weighted by Crippen LogP contribution is 2.32. The molecule has 0 saturated heterocycles. The number of nitrogens with one attached hydrogen (secondary N) is 1. The van der Waals surface area contributed by atoms with Crippen LogP contribution >= 0.6 is 35.0 Å². The molecule has 0 spiro atoms. The third-order valence-electron chi connectivity index (χ3n) is 2.19. The van der Waals surface area contributed by atoms with Gasteiger partial charge in [0.05, 0.1) is 27.0 Å². The SMILES string of the molecule is CC(C)(C)SCC(=O)Nc1c(Cl)cc(C(=O)O)cc1Cl. The first-order valence-electron chi connectivity index (χ1n) is 5.76. The molecule has 1 aromatic rings. The van der Waals surface area contributed by atoms with Crippen LogP contribution in [0.5, 0.6) is 0 Å². The molecule has 20 heavy (non-hydrogen) atoms. The second kappa shape index (κ2) is 6.70. The second-order valence-electron chi connectivity index (χ2n) is 5.07. The van der Waals surface area contributed by atoms with Gasteiger partial charge in [0.1, 0.15) is 0 Å². The number of anilines is 1. The lowest BCUT2D eigenvalue weighted by molar-refractivity contribution is -0.113. The van der Waals surface area contributed by atoms with Crippen LogP contribution in [0.3, 0.4) is 0 Å². The van der Waals surface area contributed by atoms with Crippen molar-refractivity contribution in [1.82, 2.24) is 0 Å². The van der Waals surface area contributed by atoms with Crippen molar-refractivity contribution in [2.75, 3.05) is 11.1 Å². The second-order valence-corrected chi connectivity index (χ2v) is 7.69. The van der Waals surface area contributed by atoms with E-state index in [-0.39, 0.29) is 37.7 Å². The van der Waals surface area contributed by atoms with Crippen LogP contribution in [0.2, 0.25) is 10.0 Å². The minimum atomic E-state index is -1.13. The summed E-state index contributed by atoms with van der Waals surface area (Å²) in [7, 11) is 0. The van der Waals surface area contributed by atoms with Crippen molar-refractivity contribution in [2.45, 2.75) is 25.5 Å². The number of carbonyl (C=O) groups is 2. The van der Waals surface area contributed by atoms with Crippen LogP contribution in [0.1, 0.15) is 31.1 Å². The molecule has 0 unspecified atom stereocenters. The molecule has 0 aromatic heterocycles. The van der Waals surface area contributed by atoms with Gasteiger partial charge in [-0.3, -0.25) is 4.79 Å². The number of hydrogen-bond acceptors (Lipinski definition) is 3. The predicted octanol–water partition coefficient (Wildman–Crippen LogP) is 4.16. The monoisotopic (exact) mass is 335 g/mol. The number of thioether (sulfide) groups is 1. The van der Waals surface area contributed by atoms with E-state index in [2.05, 4.69) is 5.32 Å². The maximum Gasteiger partial charge on any atom is 0.335 e. The summed E-state index contributed by atoms with van der Waals surface area (Å²) in [5, 5.41) is 11.7. The first kappa shape index (κ1) is 17.1. The number of amides is 1. The van der Waals surface area contributed by atoms with E-state index in [1.165, 1.54) is 23.9 Å². The fraction of sp³-hybridized carbons (Fsp3) is 0.385. The van der Waals surface area contributed by atoms with Gasteiger partial charge >= 0.3 is 5.97 Å². The molecule has 1 amide bonds. The maximum atomic E-state index is 11.8. The predicted molar refractivity (Wildman–Crippen MR) is 84.3 cm³/mol. The molecule has 0 aliphatic rings. The summed E-state index contributed by atoms with van der Waals surface area (Å²) in [5.41, 5.74) is 0.208. The first-order chi connectivity index (χ1) is 9.10. The third-order valence-corrected chi connectivity index (χ3v) is 4.06. The van der Waals surface area contributed by atoms with Crippen LogP contribution < -0.4 is 5.32 Å². The number of carboxylic acids is 1. The minimum Gasteiger partial charge on any atom is -0.478 e. The van der Waals surface area contributed by atoms with Crippen molar-refractivity contribution in [3.8, 4) is 0 Å². The Balaban J connectivity index is 2.83. The van der Waals surface area contributed by atoms with Gasteiger partial charge < -0.3 is 10.4 Å².